The molecule has 2 N–H and O–H groups in total. The summed E-state index contributed by atoms with van der Waals surface area (Å²) in [5.74, 6) is -0.0445. The number of hydrogen-bond donors (Lipinski definition) is 2. The van der Waals surface area contributed by atoms with Crippen LogP contribution in [0.5, 0.6) is 0 Å². The lowest BCUT2D eigenvalue weighted by Gasteiger charge is -2.15. The normalized spacial score (nSPS) is 11.8. The lowest BCUT2D eigenvalue weighted by molar-refractivity contribution is -0.121. The fourth-order valence-corrected chi connectivity index (χ4v) is 2.26. The van der Waals surface area contributed by atoms with E-state index in [4.69, 9.17) is 0 Å². The first-order chi connectivity index (χ1) is 9.52. The molecule has 0 aliphatic heterocycles. The summed E-state index contributed by atoms with van der Waals surface area (Å²) < 4.78 is 0. The molecule has 1 aromatic rings. The highest BCUT2D eigenvalue weighted by Gasteiger charge is 2.10. The maximum Gasteiger partial charge on any atom is 0.221 e. The summed E-state index contributed by atoms with van der Waals surface area (Å²) in [6.45, 7) is 3.41. The van der Waals surface area contributed by atoms with Crippen molar-refractivity contribution < 1.29 is 9.59 Å². The molecule has 110 valence electrons. The largest absolute Gasteiger partial charge is 0.350 e. The van der Waals surface area contributed by atoms with Crippen molar-refractivity contribution in [3.63, 3.8) is 0 Å². The molecule has 0 heterocycles. The van der Waals surface area contributed by atoms with Crippen molar-refractivity contribution in [3.05, 3.63) is 29.8 Å². The number of alkyl halides is 1. The van der Waals surface area contributed by atoms with E-state index in [-0.39, 0.29) is 17.9 Å². The summed E-state index contributed by atoms with van der Waals surface area (Å²) in [7, 11) is 0. The molecule has 0 saturated carbocycles. The molecule has 0 radical (unpaired) electrons. The van der Waals surface area contributed by atoms with Crippen LogP contribution in [0.4, 0.5) is 5.69 Å². The van der Waals surface area contributed by atoms with Crippen molar-refractivity contribution >= 4 is 33.4 Å². The molecule has 5 heteroatoms. The Morgan fingerprint density at radius 2 is 2.05 bits per heavy atom. The lowest BCUT2D eigenvalue weighted by Crippen LogP contribution is -2.26. The molecule has 0 aromatic heterocycles. The molecule has 0 bridgehead atoms. The first kappa shape index (κ1) is 16.7. The second-order valence-corrected chi connectivity index (χ2v) is 5.53. The Morgan fingerprint density at radius 1 is 1.30 bits per heavy atom. The van der Waals surface area contributed by atoms with Crippen LogP contribution in [0, 0.1) is 0 Å². The minimum Gasteiger partial charge on any atom is -0.350 e. The molecule has 0 aliphatic carbocycles. The van der Waals surface area contributed by atoms with Crippen LogP contribution in [0.1, 0.15) is 44.7 Å². The van der Waals surface area contributed by atoms with E-state index in [9.17, 15) is 9.59 Å². The first-order valence-corrected chi connectivity index (χ1v) is 7.88. The molecule has 0 fully saturated rings. The molecular formula is C15H21BrN2O2. The molecule has 0 spiro atoms. The zero-order valence-electron chi connectivity index (χ0n) is 11.9. The Bertz CT molecular complexity index is 463. The van der Waals surface area contributed by atoms with Gasteiger partial charge in [-0.2, -0.15) is 0 Å². The third-order valence-electron chi connectivity index (χ3n) is 2.87. The first-order valence-electron chi connectivity index (χ1n) is 6.76. The monoisotopic (exact) mass is 340 g/mol. The summed E-state index contributed by atoms with van der Waals surface area (Å²) in [4.78, 5) is 22.8. The molecule has 1 aromatic carbocycles. The Kier molecular flexibility index (Phi) is 7.30. The fraction of sp³-hybridized carbons (Fsp3) is 0.467. The van der Waals surface area contributed by atoms with Gasteiger partial charge in [-0.1, -0.05) is 28.1 Å². The molecule has 0 aliphatic rings. The van der Waals surface area contributed by atoms with Crippen LogP contribution in [-0.4, -0.2) is 17.1 Å². The smallest absolute Gasteiger partial charge is 0.221 e. The standard InChI is InChI=1S/C15H21BrN2O2/c1-11(17-15(20)8-3-4-9-16)13-6-5-7-14(10-13)18-12(2)19/h5-7,10-11H,3-4,8-9H2,1-2H3,(H,17,20)(H,18,19). The molecule has 4 nitrogen and oxygen atoms in total. The van der Waals surface area contributed by atoms with Crippen LogP contribution < -0.4 is 10.6 Å². The maximum absolute atomic E-state index is 11.8. The Labute approximate surface area is 128 Å². The number of rotatable bonds is 7. The summed E-state index contributed by atoms with van der Waals surface area (Å²) in [5, 5.41) is 6.63. The molecule has 2 amide bonds. The van der Waals surface area contributed by atoms with E-state index in [2.05, 4.69) is 26.6 Å². The van der Waals surface area contributed by atoms with E-state index >= 15 is 0 Å². The van der Waals surface area contributed by atoms with Gasteiger partial charge in [0.1, 0.15) is 0 Å². The van der Waals surface area contributed by atoms with Crippen LogP contribution in [-0.2, 0) is 9.59 Å². The molecule has 1 unspecified atom stereocenters. The number of carbonyl (C=O) groups is 2. The third-order valence-corrected chi connectivity index (χ3v) is 3.43. The van der Waals surface area contributed by atoms with Crippen LogP contribution in [0.2, 0.25) is 0 Å². The van der Waals surface area contributed by atoms with E-state index in [1.807, 2.05) is 31.2 Å². The van der Waals surface area contributed by atoms with Crippen molar-refractivity contribution in [2.45, 2.75) is 39.2 Å². The second-order valence-electron chi connectivity index (χ2n) is 4.74. The number of hydrogen-bond acceptors (Lipinski definition) is 2. The topological polar surface area (TPSA) is 58.2 Å². The van der Waals surface area contributed by atoms with Crippen LogP contribution in [0.25, 0.3) is 0 Å². The molecule has 1 rings (SSSR count). The summed E-state index contributed by atoms with van der Waals surface area (Å²) in [6.07, 6.45) is 2.43. The Morgan fingerprint density at radius 3 is 2.70 bits per heavy atom. The van der Waals surface area contributed by atoms with Crippen molar-refractivity contribution in [1.29, 1.82) is 0 Å². The van der Waals surface area contributed by atoms with Crippen molar-refractivity contribution in [2.75, 3.05) is 10.6 Å². The van der Waals surface area contributed by atoms with Crippen molar-refractivity contribution in [1.82, 2.24) is 5.32 Å². The minimum atomic E-state index is -0.103. The third kappa shape index (κ3) is 6.19. The number of benzene rings is 1. The SMILES string of the molecule is CC(=O)Nc1cccc(C(C)NC(=O)CCCCBr)c1. The second kappa shape index (κ2) is 8.74. The van der Waals surface area contributed by atoms with Crippen LogP contribution in [0.3, 0.4) is 0 Å². The van der Waals surface area contributed by atoms with Gasteiger partial charge in [0.05, 0.1) is 6.04 Å². The number of nitrogens with one attached hydrogen (secondary N) is 2. The van der Waals surface area contributed by atoms with E-state index < -0.39 is 0 Å². The zero-order valence-corrected chi connectivity index (χ0v) is 13.5. The van der Waals surface area contributed by atoms with Gasteiger partial charge >= 0.3 is 0 Å². The van der Waals surface area contributed by atoms with Gasteiger partial charge in [0.25, 0.3) is 0 Å². The predicted octanol–water partition coefficient (Wildman–Crippen LogP) is 3.39. The van der Waals surface area contributed by atoms with Crippen molar-refractivity contribution in [3.8, 4) is 0 Å². The molecule has 0 saturated heterocycles. The highest BCUT2D eigenvalue weighted by molar-refractivity contribution is 9.09. The number of amides is 2. The van der Waals surface area contributed by atoms with Gasteiger partial charge in [-0.15, -0.1) is 0 Å². The number of halogens is 1. The van der Waals surface area contributed by atoms with Crippen LogP contribution in [0.15, 0.2) is 24.3 Å². The van der Waals surface area contributed by atoms with Gasteiger partial charge in [0, 0.05) is 24.4 Å². The number of anilines is 1. The highest BCUT2D eigenvalue weighted by Crippen LogP contribution is 2.17. The summed E-state index contributed by atoms with van der Waals surface area (Å²) in [6, 6.07) is 7.45. The average molecular weight is 341 g/mol. The van der Waals surface area contributed by atoms with E-state index in [1.165, 1.54) is 6.92 Å². The summed E-state index contributed by atoms with van der Waals surface area (Å²) in [5.41, 5.74) is 1.72. The predicted molar refractivity (Wildman–Crippen MR) is 84.9 cm³/mol. The number of carbonyl (C=O) groups excluding carboxylic acids is 2. The minimum absolute atomic E-state index is 0.0587. The van der Waals surface area contributed by atoms with E-state index in [1.54, 1.807) is 0 Å². The van der Waals surface area contributed by atoms with E-state index in [0.29, 0.717) is 6.42 Å². The van der Waals surface area contributed by atoms with Gasteiger partial charge in [-0.25, -0.2) is 0 Å². The van der Waals surface area contributed by atoms with Gasteiger partial charge in [-0.05, 0) is 37.5 Å². The van der Waals surface area contributed by atoms with Crippen molar-refractivity contribution in [2.24, 2.45) is 0 Å². The zero-order chi connectivity index (χ0) is 15.0. The Balaban J connectivity index is 2.56. The fourth-order valence-electron chi connectivity index (χ4n) is 1.87. The summed E-state index contributed by atoms with van der Waals surface area (Å²) >= 11 is 3.35. The maximum atomic E-state index is 11.8. The van der Waals surface area contributed by atoms with Crippen LogP contribution >= 0.6 is 15.9 Å². The van der Waals surface area contributed by atoms with Gasteiger partial charge < -0.3 is 10.6 Å². The number of unbranched alkanes of at least 4 members (excludes halogenated alkanes) is 1. The van der Waals surface area contributed by atoms with Gasteiger partial charge in [0.2, 0.25) is 11.8 Å². The van der Waals surface area contributed by atoms with Gasteiger partial charge in [0.15, 0.2) is 0 Å². The average Bonchev–Trinajstić information content (AvgIpc) is 2.38. The highest BCUT2D eigenvalue weighted by atomic mass is 79.9. The van der Waals surface area contributed by atoms with Gasteiger partial charge in [-0.3, -0.25) is 9.59 Å². The molecule has 1 atom stereocenters. The lowest BCUT2D eigenvalue weighted by atomic mass is 10.1. The Hall–Kier alpha value is -1.36. The van der Waals surface area contributed by atoms with E-state index in [0.717, 1.165) is 29.4 Å². The quantitative estimate of drug-likeness (QED) is 0.590. The molecular weight excluding hydrogens is 320 g/mol. The molecule has 20 heavy (non-hydrogen) atoms.